The summed E-state index contributed by atoms with van der Waals surface area (Å²) in [7, 11) is 0.774. The van der Waals surface area contributed by atoms with Crippen LogP contribution in [-0.2, 0) is 9.22 Å². The van der Waals surface area contributed by atoms with Crippen molar-refractivity contribution in [3.63, 3.8) is 0 Å². The molecule has 0 aromatic rings. The summed E-state index contributed by atoms with van der Waals surface area (Å²) in [6.45, 7) is 15.3. The minimum atomic E-state index is -0.254. The maximum Gasteiger partial charge on any atom is 0.145 e. The van der Waals surface area contributed by atoms with E-state index in [9.17, 15) is 9.90 Å². The predicted octanol–water partition coefficient (Wildman–Crippen LogP) is 4.45. The fourth-order valence-electron chi connectivity index (χ4n) is 8.84. The number of allylic oxidation sites excluding steroid dienone is 1. The van der Waals surface area contributed by atoms with E-state index in [1.807, 2.05) is 0 Å². The van der Waals surface area contributed by atoms with Crippen LogP contribution in [0.15, 0.2) is 11.6 Å². The van der Waals surface area contributed by atoms with Gasteiger partial charge in [-0.15, -0.1) is 0 Å². The topological polar surface area (TPSA) is 46.5 Å². The molecule has 0 radical (unpaired) electrons. The van der Waals surface area contributed by atoms with Gasteiger partial charge in [-0.2, -0.15) is 0 Å². The summed E-state index contributed by atoms with van der Waals surface area (Å²) < 4.78 is 5.73. The third-order valence-electron chi connectivity index (χ3n) is 11.5. The molecule has 4 rings (SSSR count). The molecule has 0 aromatic heterocycles. The highest BCUT2D eigenvalue weighted by molar-refractivity contribution is 5.97. The van der Waals surface area contributed by atoms with Gasteiger partial charge in [0.15, 0.2) is 0 Å². The third-order valence-corrected chi connectivity index (χ3v) is 11.8. The van der Waals surface area contributed by atoms with Crippen molar-refractivity contribution in [1.29, 1.82) is 0 Å². The van der Waals surface area contributed by atoms with Gasteiger partial charge in [0.2, 0.25) is 0 Å². The molecule has 3 fully saturated rings. The van der Waals surface area contributed by atoms with E-state index in [0.29, 0.717) is 29.5 Å². The van der Waals surface area contributed by atoms with E-state index >= 15 is 0 Å². The van der Waals surface area contributed by atoms with Crippen LogP contribution in [0.3, 0.4) is 0 Å². The summed E-state index contributed by atoms with van der Waals surface area (Å²) in [4.78, 5) is 12.8. The SMILES string of the molecule is CC(CO[SiH3])C(C)(C)C1(C)CC(O)CC2=CC[C@@H]3[C@@H](CC[C@]4(C)C(=O)CC[C@@H]34)[C@]21C. The second-order valence-electron chi connectivity index (χ2n) is 12.4. The predicted molar refractivity (Wildman–Crippen MR) is 125 cm³/mol. The van der Waals surface area contributed by atoms with Gasteiger partial charge in [-0.05, 0) is 78.4 Å². The van der Waals surface area contributed by atoms with Gasteiger partial charge in [-0.3, -0.25) is 4.79 Å². The summed E-state index contributed by atoms with van der Waals surface area (Å²) in [5, 5.41) is 11.0. The van der Waals surface area contributed by atoms with Gasteiger partial charge in [-0.1, -0.05) is 53.2 Å². The Kier molecular flexibility index (Phi) is 5.52. The Hall–Kier alpha value is -0.453. The van der Waals surface area contributed by atoms with Crippen molar-refractivity contribution in [3.8, 4) is 0 Å². The standard InChI is InChI=1S/C26H44O3Si/c1-16(15-29-30)23(2,3)25(5)14-18(27)13-17-7-8-19-20-9-10-22(28)24(20,4)12-11-21(19)26(17,25)6/h7,16,18-21,27H,8-15H2,1-6,30H3/t16?,18?,19-,20-,21+,24-,25?,26-/m0/s1. The van der Waals surface area contributed by atoms with Crippen molar-refractivity contribution in [2.45, 2.75) is 92.6 Å². The van der Waals surface area contributed by atoms with Crippen LogP contribution >= 0.6 is 0 Å². The first-order valence-electron chi connectivity index (χ1n) is 12.3. The van der Waals surface area contributed by atoms with Crippen molar-refractivity contribution in [3.05, 3.63) is 11.6 Å². The van der Waals surface area contributed by atoms with E-state index in [1.165, 1.54) is 5.57 Å². The van der Waals surface area contributed by atoms with E-state index in [2.05, 4.69) is 47.6 Å². The Morgan fingerprint density at radius 1 is 1.27 bits per heavy atom. The van der Waals surface area contributed by atoms with Gasteiger partial charge in [0.25, 0.3) is 0 Å². The summed E-state index contributed by atoms with van der Waals surface area (Å²) in [6, 6.07) is 0. The zero-order valence-corrected chi connectivity index (χ0v) is 22.4. The second-order valence-corrected chi connectivity index (χ2v) is 13.0. The highest BCUT2D eigenvalue weighted by Gasteiger charge is 2.66. The van der Waals surface area contributed by atoms with Crippen LogP contribution in [0.2, 0.25) is 0 Å². The molecule has 3 unspecified atom stereocenters. The Bertz CT molecular complexity index is 745. The second kappa shape index (κ2) is 7.28. The largest absolute Gasteiger partial charge is 0.428 e. The lowest BCUT2D eigenvalue weighted by Crippen LogP contribution is -2.63. The summed E-state index contributed by atoms with van der Waals surface area (Å²) in [6.07, 6.45) is 9.13. The Balaban J connectivity index is 1.80. The molecule has 3 nitrogen and oxygen atoms in total. The van der Waals surface area contributed by atoms with Crippen LogP contribution in [0, 0.1) is 45.3 Å². The number of aliphatic hydroxyl groups excluding tert-OH is 1. The van der Waals surface area contributed by atoms with Crippen molar-refractivity contribution in [2.75, 3.05) is 6.61 Å². The first kappa shape index (κ1) is 22.7. The number of carbonyl (C=O) groups excluding carboxylic acids is 1. The summed E-state index contributed by atoms with van der Waals surface area (Å²) in [5.41, 5.74) is 1.52. The molecule has 4 aliphatic carbocycles. The number of hydrogen-bond donors (Lipinski definition) is 1. The minimum Gasteiger partial charge on any atom is -0.428 e. The molecule has 0 aliphatic heterocycles. The fourth-order valence-corrected chi connectivity index (χ4v) is 9.34. The number of rotatable bonds is 4. The van der Waals surface area contributed by atoms with Gasteiger partial charge in [0.1, 0.15) is 16.3 Å². The molecule has 1 N–H and O–H groups in total. The third kappa shape index (κ3) is 2.78. The van der Waals surface area contributed by atoms with Gasteiger partial charge >= 0.3 is 0 Å². The maximum absolute atomic E-state index is 12.8. The molecule has 0 amide bonds. The molecular weight excluding hydrogens is 388 g/mol. The number of ketones is 1. The molecule has 4 heteroatoms. The molecule has 8 atom stereocenters. The molecule has 3 saturated carbocycles. The number of carbonyl (C=O) groups is 1. The normalized spacial score (nSPS) is 47.3. The minimum absolute atomic E-state index is 0.0112. The van der Waals surface area contributed by atoms with Gasteiger partial charge in [0, 0.05) is 18.4 Å². The molecule has 0 saturated heterocycles. The molecule has 30 heavy (non-hydrogen) atoms. The quantitative estimate of drug-likeness (QED) is 0.527. The van der Waals surface area contributed by atoms with Gasteiger partial charge in [0.05, 0.1) is 6.10 Å². The molecule has 0 aromatic carbocycles. The zero-order chi connectivity index (χ0) is 22.1. The van der Waals surface area contributed by atoms with Crippen LogP contribution in [0.5, 0.6) is 0 Å². The smallest absolute Gasteiger partial charge is 0.145 e. The van der Waals surface area contributed by atoms with Crippen molar-refractivity contribution < 1.29 is 14.3 Å². The van der Waals surface area contributed by atoms with E-state index in [4.69, 9.17) is 4.43 Å². The molecule has 0 spiro atoms. The molecule has 4 aliphatic rings. The van der Waals surface area contributed by atoms with Crippen molar-refractivity contribution in [1.82, 2.24) is 0 Å². The number of Topliss-reactive ketones (excluding diaryl/α,β-unsaturated/α-hetero) is 1. The Morgan fingerprint density at radius 3 is 2.63 bits per heavy atom. The average Bonchev–Trinajstić information content (AvgIpc) is 2.98. The molecular formula is C26H44O3Si. The summed E-state index contributed by atoms with van der Waals surface area (Å²) in [5.74, 6) is 2.72. The fraction of sp³-hybridized carbons (Fsp3) is 0.885. The van der Waals surface area contributed by atoms with E-state index in [1.54, 1.807) is 0 Å². The van der Waals surface area contributed by atoms with Crippen LogP contribution in [-0.4, -0.2) is 34.1 Å². The zero-order valence-electron chi connectivity index (χ0n) is 20.4. The van der Waals surface area contributed by atoms with Crippen LogP contribution in [0.4, 0.5) is 0 Å². The van der Waals surface area contributed by atoms with Crippen LogP contribution in [0.1, 0.15) is 86.5 Å². The van der Waals surface area contributed by atoms with Gasteiger partial charge < -0.3 is 9.53 Å². The van der Waals surface area contributed by atoms with E-state index in [0.717, 1.165) is 62.0 Å². The first-order valence-corrected chi connectivity index (χ1v) is 13.1. The lowest BCUT2D eigenvalue weighted by atomic mass is 9.36. The lowest BCUT2D eigenvalue weighted by molar-refractivity contribution is -0.170. The van der Waals surface area contributed by atoms with E-state index < -0.39 is 0 Å². The van der Waals surface area contributed by atoms with Crippen molar-refractivity contribution >= 4 is 16.3 Å². The van der Waals surface area contributed by atoms with E-state index in [-0.39, 0.29) is 27.8 Å². The summed E-state index contributed by atoms with van der Waals surface area (Å²) >= 11 is 0. The molecule has 0 heterocycles. The van der Waals surface area contributed by atoms with Crippen LogP contribution in [0.25, 0.3) is 0 Å². The van der Waals surface area contributed by atoms with Gasteiger partial charge in [-0.25, -0.2) is 0 Å². The first-order chi connectivity index (χ1) is 13.9. The highest BCUT2D eigenvalue weighted by Crippen LogP contribution is 2.72. The highest BCUT2D eigenvalue weighted by atomic mass is 28.2. The number of aliphatic hydroxyl groups is 1. The number of fused-ring (bicyclic) bond motifs is 5. The monoisotopic (exact) mass is 432 g/mol. The molecule has 170 valence electrons. The maximum atomic E-state index is 12.8. The average molecular weight is 433 g/mol. The number of hydrogen-bond acceptors (Lipinski definition) is 3. The Morgan fingerprint density at radius 2 is 1.97 bits per heavy atom. The molecule has 0 bridgehead atoms. The Labute approximate surface area is 187 Å². The van der Waals surface area contributed by atoms with Crippen molar-refractivity contribution in [2.24, 2.45) is 45.3 Å². The lowest BCUT2D eigenvalue weighted by Gasteiger charge is -2.68. The van der Waals surface area contributed by atoms with Crippen LogP contribution < -0.4 is 0 Å².